The van der Waals surface area contributed by atoms with Crippen molar-refractivity contribution in [1.29, 1.82) is 0 Å². The fraction of sp³-hybridized carbons (Fsp3) is 0.417. The van der Waals surface area contributed by atoms with Crippen LogP contribution in [0.4, 0.5) is 5.69 Å². The number of carbonyl (C=O) groups is 1. The molecule has 0 N–H and O–H groups in total. The van der Waals surface area contributed by atoms with Crippen LogP contribution in [0.1, 0.15) is 23.2 Å². The Morgan fingerprint density at radius 2 is 2.06 bits per heavy atom. The summed E-state index contributed by atoms with van der Waals surface area (Å²) in [4.78, 5) is 24.6. The van der Waals surface area contributed by atoms with Gasteiger partial charge in [0.15, 0.2) is 0 Å². The third-order valence-corrected chi connectivity index (χ3v) is 3.93. The molecule has 1 heterocycles. The zero-order chi connectivity index (χ0) is 13.1. The van der Waals surface area contributed by atoms with Gasteiger partial charge in [-0.2, -0.15) is 0 Å². The Bertz CT molecular complexity index is 470. The molecule has 1 amide bonds. The van der Waals surface area contributed by atoms with Crippen molar-refractivity contribution in [1.82, 2.24) is 4.90 Å². The van der Waals surface area contributed by atoms with E-state index in [1.54, 1.807) is 17.0 Å². The monoisotopic (exact) mass is 312 g/mol. The van der Waals surface area contributed by atoms with E-state index in [9.17, 15) is 14.9 Å². The molecule has 96 valence electrons. The predicted octanol–water partition coefficient (Wildman–Crippen LogP) is 2.59. The number of likely N-dealkylation sites (tertiary alicyclic amines) is 1. The molecule has 1 saturated heterocycles. The van der Waals surface area contributed by atoms with Gasteiger partial charge >= 0.3 is 0 Å². The molecule has 0 bridgehead atoms. The quantitative estimate of drug-likeness (QED) is 0.479. The van der Waals surface area contributed by atoms with Crippen molar-refractivity contribution in [3.05, 3.63) is 39.9 Å². The first kappa shape index (κ1) is 13.0. The highest BCUT2D eigenvalue weighted by Gasteiger charge is 2.23. The lowest BCUT2D eigenvalue weighted by Gasteiger charge is -2.29. The van der Waals surface area contributed by atoms with E-state index in [1.807, 2.05) is 0 Å². The first-order valence-corrected chi connectivity index (χ1v) is 6.67. The van der Waals surface area contributed by atoms with E-state index >= 15 is 0 Å². The second-order valence-corrected chi connectivity index (χ2v) is 5.57. The van der Waals surface area contributed by atoms with Crippen LogP contribution < -0.4 is 0 Å². The lowest BCUT2D eigenvalue weighted by atomic mass is 10.1. The number of halogens is 1. The molecule has 5 nitrogen and oxygen atoms in total. The number of hydrogen-bond acceptors (Lipinski definition) is 3. The van der Waals surface area contributed by atoms with E-state index in [2.05, 4.69) is 15.9 Å². The number of nitrogens with zero attached hydrogens (tertiary/aromatic N) is 2. The Balaban J connectivity index is 2.13. The fourth-order valence-electron chi connectivity index (χ4n) is 1.99. The molecular weight excluding hydrogens is 300 g/mol. The third-order valence-electron chi connectivity index (χ3n) is 3.02. The summed E-state index contributed by atoms with van der Waals surface area (Å²) in [5.74, 6) is -0.127. The third kappa shape index (κ3) is 2.87. The average molecular weight is 313 g/mol. The summed E-state index contributed by atoms with van der Waals surface area (Å²) in [7, 11) is 0. The maximum Gasteiger partial charge on any atom is 0.270 e. The number of carbonyl (C=O) groups excluding carboxylic acids is 1. The molecular formula is C12H13BrN2O3. The fourth-order valence-corrected chi connectivity index (χ4v) is 2.40. The first-order chi connectivity index (χ1) is 8.58. The molecule has 1 aliphatic rings. The second-order valence-electron chi connectivity index (χ2n) is 4.27. The van der Waals surface area contributed by atoms with Gasteiger partial charge in [-0.1, -0.05) is 22.0 Å². The molecule has 0 radical (unpaired) electrons. The van der Waals surface area contributed by atoms with Crippen molar-refractivity contribution in [2.24, 2.45) is 0 Å². The minimum Gasteiger partial charge on any atom is -0.339 e. The molecule has 0 saturated carbocycles. The Hall–Kier alpha value is -1.43. The largest absolute Gasteiger partial charge is 0.339 e. The SMILES string of the molecule is O=C(c1cccc([N+](=O)[O-])c1)N1CCC(Br)CC1. The standard InChI is InChI=1S/C12H13BrN2O3/c13-10-4-6-14(7-5-10)12(16)9-2-1-3-11(8-9)15(17)18/h1-3,8,10H,4-7H2. The van der Waals surface area contributed by atoms with Crippen LogP contribution in [-0.2, 0) is 0 Å². The van der Waals surface area contributed by atoms with Crippen LogP contribution in [0.25, 0.3) is 0 Å². The summed E-state index contributed by atoms with van der Waals surface area (Å²) < 4.78 is 0. The van der Waals surface area contributed by atoms with Crippen LogP contribution in [0.5, 0.6) is 0 Å². The van der Waals surface area contributed by atoms with Crippen molar-refractivity contribution in [2.45, 2.75) is 17.7 Å². The van der Waals surface area contributed by atoms with Gasteiger partial charge in [0.25, 0.3) is 11.6 Å². The lowest BCUT2D eigenvalue weighted by molar-refractivity contribution is -0.384. The van der Waals surface area contributed by atoms with Crippen LogP contribution in [-0.4, -0.2) is 33.6 Å². The summed E-state index contributed by atoms with van der Waals surface area (Å²) in [6.45, 7) is 1.38. The number of rotatable bonds is 2. The number of nitro benzene ring substituents is 1. The number of amides is 1. The molecule has 2 rings (SSSR count). The van der Waals surface area contributed by atoms with E-state index in [0.29, 0.717) is 23.5 Å². The Morgan fingerprint density at radius 1 is 1.39 bits per heavy atom. The minimum atomic E-state index is -0.485. The molecule has 18 heavy (non-hydrogen) atoms. The van der Waals surface area contributed by atoms with Gasteiger partial charge in [0.2, 0.25) is 0 Å². The van der Waals surface area contributed by atoms with E-state index in [1.165, 1.54) is 12.1 Å². The van der Waals surface area contributed by atoms with Crippen LogP contribution in [0.2, 0.25) is 0 Å². The molecule has 1 aliphatic heterocycles. The molecule has 1 aromatic carbocycles. The van der Waals surface area contributed by atoms with E-state index in [0.717, 1.165) is 12.8 Å². The van der Waals surface area contributed by atoms with Gasteiger partial charge in [0.05, 0.1) is 4.92 Å². The summed E-state index contributed by atoms with van der Waals surface area (Å²) in [6.07, 6.45) is 1.83. The highest BCUT2D eigenvalue weighted by molar-refractivity contribution is 9.09. The smallest absolute Gasteiger partial charge is 0.270 e. The van der Waals surface area contributed by atoms with Gasteiger partial charge in [0, 0.05) is 35.6 Å². The Kier molecular flexibility index (Phi) is 3.96. The van der Waals surface area contributed by atoms with Crippen LogP contribution in [0.15, 0.2) is 24.3 Å². The highest BCUT2D eigenvalue weighted by Crippen LogP contribution is 2.20. The topological polar surface area (TPSA) is 63.4 Å². The van der Waals surface area contributed by atoms with Crippen LogP contribution in [0, 0.1) is 10.1 Å². The summed E-state index contributed by atoms with van der Waals surface area (Å²) in [6, 6.07) is 5.89. The number of nitro groups is 1. The zero-order valence-electron chi connectivity index (χ0n) is 9.71. The van der Waals surface area contributed by atoms with Crippen LogP contribution in [0.3, 0.4) is 0 Å². The molecule has 1 aromatic rings. The molecule has 0 spiro atoms. The van der Waals surface area contributed by atoms with Crippen molar-refractivity contribution >= 4 is 27.5 Å². The Labute approximate surface area is 113 Å². The van der Waals surface area contributed by atoms with Gasteiger partial charge in [-0.05, 0) is 18.9 Å². The highest BCUT2D eigenvalue weighted by atomic mass is 79.9. The molecule has 0 aliphatic carbocycles. The van der Waals surface area contributed by atoms with Crippen LogP contribution >= 0.6 is 15.9 Å². The lowest BCUT2D eigenvalue weighted by Crippen LogP contribution is -2.38. The zero-order valence-corrected chi connectivity index (χ0v) is 11.3. The maximum atomic E-state index is 12.2. The summed E-state index contributed by atoms with van der Waals surface area (Å²) >= 11 is 3.52. The second kappa shape index (κ2) is 5.48. The minimum absolute atomic E-state index is 0.0452. The summed E-state index contributed by atoms with van der Waals surface area (Å²) in [5, 5.41) is 10.7. The molecule has 6 heteroatoms. The maximum absolute atomic E-state index is 12.2. The van der Waals surface area contributed by atoms with Crippen molar-refractivity contribution < 1.29 is 9.72 Å². The summed E-state index contributed by atoms with van der Waals surface area (Å²) in [5.41, 5.74) is 0.341. The normalized spacial score (nSPS) is 16.6. The Morgan fingerprint density at radius 3 is 2.67 bits per heavy atom. The molecule has 0 aromatic heterocycles. The van der Waals surface area contributed by atoms with Gasteiger partial charge in [-0.15, -0.1) is 0 Å². The van der Waals surface area contributed by atoms with Crippen molar-refractivity contribution in [2.75, 3.05) is 13.1 Å². The number of hydrogen-bond donors (Lipinski definition) is 0. The number of benzene rings is 1. The average Bonchev–Trinajstić information content (AvgIpc) is 2.39. The molecule has 1 fully saturated rings. The van der Waals surface area contributed by atoms with E-state index in [-0.39, 0.29) is 11.6 Å². The molecule has 0 unspecified atom stereocenters. The predicted molar refractivity (Wildman–Crippen MR) is 70.9 cm³/mol. The van der Waals surface area contributed by atoms with E-state index < -0.39 is 4.92 Å². The van der Waals surface area contributed by atoms with Gasteiger partial charge in [-0.3, -0.25) is 14.9 Å². The molecule has 0 atom stereocenters. The van der Waals surface area contributed by atoms with E-state index in [4.69, 9.17) is 0 Å². The van der Waals surface area contributed by atoms with Gasteiger partial charge < -0.3 is 4.90 Å². The van der Waals surface area contributed by atoms with Gasteiger partial charge in [-0.25, -0.2) is 0 Å². The van der Waals surface area contributed by atoms with Crippen molar-refractivity contribution in [3.8, 4) is 0 Å². The number of non-ortho nitro benzene ring substituents is 1. The first-order valence-electron chi connectivity index (χ1n) is 5.76. The number of piperidine rings is 1. The number of alkyl halides is 1. The van der Waals surface area contributed by atoms with Gasteiger partial charge in [0.1, 0.15) is 0 Å². The van der Waals surface area contributed by atoms with Crippen molar-refractivity contribution in [3.63, 3.8) is 0 Å².